The van der Waals surface area contributed by atoms with Gasteiger partial charge < -0.3 is 4.84 Å². The van der Waals surface area contributed by atoms with Crippen molar-refractivity contribution in [2.75, 3.05) is 0 Å². The first-order chi connectivity index (χ1) is 2.97. The Bertz CT molecular complexity index is 151. The normalized spacial score (nSPS) is 12.7. The van der Waals surface area contributed by atoms with Crippen LogP contribution in [0.2, 0.25) is 0 Å². The van der Waals surface area contributed by atoms with Gasteiger partial charge in [0.15, 0.2) is 0 Å². The molecule has 1 aliphatic rings. The SMILES string of the molecule is c1cc2n(c1)O2. The molecule has 0 radical (unpaired) electrons. The summed E-state index contributed by atoms with van der Waals surface area (Å²) in [6.45, 7) is 0. The highest BCUT2D eigenvalue weighted by molar-refractivity contribution is 5.20. The van der Waals surface area contributed by atoms with Crippen molar-refractivity contribution >= 4 is 0 Å². The number of hydrogen-bond acceptors (Lipinski definition) is 1. The molecule has 0 amide bonds. The third kappa shape index (κ3) is 0.109. The first-order valence-corrected chi connectivity index (χ1v) is 1.82. The van der Waals surface area contributed by atoms with Crippen LogP contribution in [0.3, 0.4) is 0 Å². The second kappa shape index (κ2) is 0.469. The van der Waals surface area contributed by atoms with Crippen molar-refractivity contribution in [2.24, 2.45) is 0 Å². The van der Waals surface area contributed by atoms with Crippen molar-refractivity contribution in [3.63, 3.8) is 0 Å². The van der Waals surface area contributed by atoms with Crippen LogP contribution in [-0.2, 0) is 0 Å². The predicted octanol–water partition coefficient (Wildman–Crippen LogP) is 0.644. The molecule has 2 heteroatoms. The Hall–Kier alpha value is -0.920. The molecule has 2 nitrogen and oxygen atoms in total. The molecular formula is C4H3NO. The lowest BCUT2D eigenvalue weighted by Gasteiger charge is -1.62. The van der Waals surface area contributed by atoms with Crippen molar-refractivity contribution in [1.29, 1.82) is 0 Å². The maximum atomic E-state index is 4.76. The van der Waals surface area contributed by atoms with Gasteiger partial charge in [-0.3, -0.25) is 0 Å². The summed E-state index contributed by atoms with van der Waals surface area (Å²) in [5, 5.41) is 0. The van der Waals surface area contributed by atoms with Gasteiger partial charge in [-0.15, -0.1) is 4.73 Å². The molecule has 0 fully saturated rings. The molecule has 0 aliphatic carbocycles. The Kier molecular flexibility index (Phi) is 0.179. The van der Waals surface area contributed by atoms with E-state index in [0.29, 0.717) is 0 Å². The van der Waals surface area contributed by atoms with E-state index in [1.807, 2.05) is 18.3 Å². The molecule has 1 aliphatic heterocycles. The summed E-state index contributed by atoms with van der Waals surface area (Å²) >= 11 is 0. The lowest BCUT2D eigenvalue weighted by molar-refractivity contribution is 0.439. The molecule has 2 rings (SSSR count). The average Bonchev–Trinajstić information content (AvgIpc) is 2.17. The molecule has 0 atom stereocenters. The maximum absolute atomic E-state index is 4.76. The van der Waals surface area contributed by atoms with Gasteiger partial charge in [0.1, 0.15) is 0 Å². The number of aromatic nitrogens is 1. The van der Waals surface area contributed by atoms with Crippen LogP contribution in [0.15, 0.2) is 18.3 Å². The van der Waals surface area contributed by atoms with Crippen molar-refractivity contribution in [1.82, 2.24) is 4.73 Å². The summed E-state index contributed by atoms with van der Waals surface area (Å²) in [5.74, 6) is 0.968. The van der Waals surface area contributed by atoms with Crippen LogP contribution >= 0.6 is 0 Å². The van der Waals surface area contributed by atoms with E-state index in [0.717, 1.165) is 5.88 Å². The Morgan fingerprint density at radius 2 is 2.67 bits per heavy atom. The zero-order valence-electron chi connectivity index (χ0n) is 3.09. The quantitative estimate of drug-likeness (QED) is 0.425. The van der Waals surface area contributed by atoms with Gasteiger partial charge in [0, 0.05) is 12.3 Å². The van der Waals surface area contributed by atoms with E-state index < -0.39 is 0 Å². The Morgan fingerprint density at radius 3 is 2.83 bits per heavy atom. The fraction of sp³-hybridized carbons (Fsp3) is 0. The predicted molar refractivity (Wildman–Crippen MR) is 20.5 cm³/mol. The summed E-state index contributed by atoms with van der Waals surface area (Å²) in [5.41, 5.74) is 0. The van der Waals surface area contributed by atoms with E-state index in [1.54, 1.807) is 4.73 Å². The maximum Gasteiger partial charge on any atom is 0.260 e. The molecule has 0 N–H and O–H groups in total. The van der Waals surface area contributed by atoms with E-state index in [-0.39, 0.29) is 0 Å². The van der Waals surface area contributed by atoms with Gasteiger partial charge in [0.05, 0.1) is 0 Å². The minimum atomic E-state index is 0.968. The van der Waals surface area contributed by atoms with Crippen LogP contribution in [0.5, 0.6) is 5.88 Å². The molecule has 2 heterocycles. The fourth-order valence-corrected chi connectivity index (χ4v) is 0.492. The van der Waals surface area contributed by atoms with Gasteiger partial charge in [0.2, 0.25) is 0 Å². The van der Waals surface area contributed by atoms with Crippen LogP contribution in [0.25, 0.3) is 0 Å². The van der Waals surface area contributed by atoms with E-state index in [4.69, 9.17) is 4.84 Å². The summed E-state index contributed by atoms with van der Waals surface area (Å²) in [4.78, 5) is 4.76. The molecule has 0 saturated heterocycles. The van der Waals surface area contributed by atoms with Crippen LogP contribution in [-0.4, -0.2) is 4.73 Å². The van der Waals surface area contributed by atoms with Crippen molar-refractivity contribution in [3.8, 4) is 5.88 Å². The van der Waals surface area contributed by atoms with Gasteiger partial charge >= 0.3 is 0 Å². The van der Waals surface area contributed by atoms with Crippen molar-refractivity contribution in [2.45, 2.75) is 0 Å². The van der Waals surface area contributed by atoms with E-state index in [1.165, 1.54) is 0 Å². The highest BCUT2D eigenvalue weighted by Crippen LogP contribution is 2.23. The van der Waals surface area contributed by atoms with Crippen molar-refractivity contribution in [3.05, 3.63) is 18.3 Å². The summed E-state index contributed by atoms with van der Waals surface area (Å²) < 4.78 is 1.71. The fourth-order valence-electron chi connectivity index (χ4n) is 0.492. The Balaban J connectivity index is 2.88. The monoisotopic (exact) mass is 81.0 g/mol. The van der Waals surface area contributed by atoms with Gasteiger partial charge in [-0.05, 0) is 6.07 Å². The van der Waals surface area contributed by atoms with Crippen LogP contribution in [0.4, 0.5) is 0 Å². The molecule has 0 saturated carbocycles. The molecule has 0 bridgehead atoms. The second-order valence-electron chi connectivity index (χ2n) is 1.26. The largest absolute Gasteiger partial charge is 0.351 e. The number of nitrogens with zero attached hydrogens (tertiary/aromatic N) is 1. The lowest BCUT2D eigenvalue weighted by Crippen LogP contribution is -1.65. The minimum Gasteiger partial charge on any atom is -0.351 e. The second-order valence-corrected chi connectivity index (χ2v) is 1.26. The van der Waals surface area contributed by atoms with Crippen LogP contribution in [0, 0.1) is 0 Å². The highest BCUT2D eigenvalue weighted by atomic mass is 16.8. The van der Waals surface area contributed by atoms with Crippen LogP contribution < -0.4 is 4.84 Å². The molecule has 0 unspecified atom stereocenters. The topological polar surface area (TPSA) is 17.5 Å². The summed E-state index contributed by atoms with van der Waals surface area (Å²) in [6, 6.07) is 3.86. The average molecular weight is 81.1 g/mol. The van der Waals surface area contributed by atoms with E-state index >= 15 is 0 Å². The minimum absolute atomic E-state index is 0.968. The number of hydrogen-bond donors (Lipinski definition) is 0. The lowest BCUT2D eigenvalue weighted by atomic mass is 10.7. The standard InChI is InChI=1S/C4H3NO/c1-2-4-5(3-1)6-4/h1-3H. The van der Waals surface area contributed by atoms with E-state index in [2.05, 4.69) is 0 Å². The summed E-state index contributed by atoms with van der Waals surface area (Å²) in [6.07, 6.45) is 1.87. The van der Waals surface area contributed by atoms with Gasteiger partial charge in [-0.25, -0.2) is 0 Å². The molecule has 0 aromatic carbocycles. The van der Waals surface area contributed by atoms with E-state index in [9.17, 15) is 0 Å². The Labute approximate surface area is 34.9 Å². The number of rotatable bonds is 0. The molecule has 30 valence electrons. The Morgan fingerprint density at radius 1 is 1.67 bits per heavy atom. The van der Waals surface area contributed by atoms with Gasteiger partial charge in [-0.1, -0.05) is 0 Å². The molecule has 0 spiro atoms. The molecule has 1 aromatic rings. The van der Waals surface area contributed by atoms with Gasteiger partial charge in [-0.2, -0.15) is 0 Å². The zero-order valence-corrected chi connectivity index (χ0v) is 3.09. The molecule has 6 heavy (non-hydrogen) atoms. The third-order valence-electron chi connectivity index (χ3n) is 0.837. The highest BCUT2D eigenvalue weighted by Gasteiger charge is 2.14. The third-order valence-corrected chi connectivity index (χ3v) is 0.837. The first-order valence-electron chi connectivity index (χ1n) is 1.82. The van der Waals surface area contributed by atoms with Gasteiger partial charge in [0.25, 0.3) is 5.88 Å². The number of fused-ring (bicyclic) bond motifs is 1. The van der Waals surface area contributed by atoms with Crippen LogP contribution in [0.1, 0.15) is 0 Å². The summed E-state index contributed by atoms with van der Waals surface area (Å²) in [7, 11) is 0. The first kappa shape index (κ1) is 2.29. The molecular weight excluding hydrogens is 78.0 g/mol. The zero-order chi connectivity index (χ0) is 3.98. The molecule has 1 aromatic heterocycles. The smallest absolute Gasteiger partial charge is 0.260 e. The van der Waals surface area contributed by atoms with Crippen molar-refractivity contribution < 1.29 is 4.84 Å².